The number of anilines is 4. The van der Waals surface area contributed by atoms with Gasteiger partial charge in [0.15, 0.2) is 0 Å². The van der Waals surface area contributed by atoms with Crippen LogP contribution in [0.3, 0.4) is 0 Å². The van der Waals surface area contributed by atoms with Crippen LogP contribution in [0.1, 0.15) is 20.8 Å². The molecular formula is C25H19N3O2S. The molecule has 6 heteroatoms. The second-order valence-electron chi connectivity index (χ2n) is 6.63. The summed E-state index contributed by atoms with van der Waals surface area (Å²) in [5.74, 6) is 0.502. The summed E-state index contributed by atoms with van der Waals surface area (Å²) in [6, 6.07) is 28.3. The number of para-hydroxylation sites is 3. The van der Waals surface area contributed by atoms with Crippen molar-refractivity contribution in [2.75, 3.05) is 17.7 Å². The van der Waals surface area contributed by atoms with Crippen LogP contribution >= 0.6 is 11.3 Å². The zero-order valence-electron chi connectivity index (χ0n) is 16.8. The lowest BCUT2D eigenvalue weighted by atomic mass is 10.1. The lowest BCUT2D eigenvalue weighted by Gasteiger charge is -2.10. The third kappa shape index (κ3) is 4.27. The Balaban J connectivity index is 1.82. The monoisotopic (exact) mass is 425 g/mol. The van der Waals surface area contributed by atoms with E-state index in [4.69, 9.17) is 4.74 Å². The molecule has 0 saturated carbocycles. The van der Waals surface area contributed by atoms with Crippen LogP contribution < -0.4 is 15.4 Å². The van der Waals surface area contributed by atoms with Gasteiger partial charge < -0.3 is 15.4 Å². The number of thiophene rings is 1. The van der Waals surface area contributed by atoms with Crippen LogP contribution in [0.25, 0.3) is 0 Å². The maximum Gasteiger partial charge on any atom is 0.205 e. The van der Waals surface area contributed by atoms with Gasteiger partial charge >= 0.3 is 0 Å². The predicted octanol–water partition coefficient (Wildman–Crippen LogP) is 6.35. The van der Waals surface area contributed by atoms with Crippen LogP contribution in [-0.4, -0.2) is 12.9 Å². The number of methoxy groups -OCH3 is 1. The standard InChI is InChI=1S/C25H19N3O2S/c1-30-21-15-9-8-14-20(21)28-25-19(16-26)22(27-18-12-6-3-7-13-18)24(31-25)23(29)17-10-4-2-5-11-17/h2-15,27-28H,1H3. The first-order valence-corrected chi connectivity index (χ1v) is 10.4. The van der Waals surface area contributed by atoms with E-state index in [1.165, 1.54) is 11.3 Å². The largest absolute Gasteiger partial charge is 0.495 e. The zero-order chi connectivity index (χ0) is 21.6. The fourth-order valence-corrected chi connectivity index (χ4v) is 4.24. The molecule has 0 aliphatic rings. The van der Waals surface area contributed by atoms with Crippen LogP contribution in [0.15, 0.2) is 84.9 Å². The number of nitrogens with zero attached hydrogens (tertiary/aromatic N) is 1. The Kier molecular flexibility index (Phi) is 5.97. The van der Waals surface area contributed by atoms with E-state index in [-0.39, 0.29) is 5.78 Å². The molecule has 0 bridgehead atoms. The summed E-state index contributed by atoms with van der Waals surface area (Å²) in [7, 11) is 1.59. The van der Waals surface area contributed by atoms with Gasteiger partial charge in [0, 0.05) is 11.3 Å². The fourth-order valence-electron chi connectivity index (χ4n) is 3.16. The van der Waals surface area contributed by atoms with Crippen LogP contribution in [0.2, 0.25) is 0 Å². The molecule has 152 valence electrons. The van der Waals surface area contributed by atoms with Crippen molar-refractivity contribution < 1.29 is 9.53 Å². The minimum atomic E-state index is -0.145. The molecule has 0 atom stereocenters. The Labute approximate surface area is 184 Å². The number of benzene rings is 3. The Morgan fingerprint density at radius 3 is 2.23 bits per heavy atom. The smallest absolute Gasteiger partial charge is 0.205 e. The number of nitriles is 1. The predicted molar refractivity (Wildman–Crippen MR) is 125 cm³/mol. The molecule has 0 saturated heterocycles. The van der Waals surface area contributed by atoms with Crippen LogP contribution in [0.4, 0.5) is 22.1 Å². The molecule has 0 aliphatic heterocycles. The van der Waals surface area contributed by atoms with Crippen LogP contribution in [-0.2, 0) is 0 Å². The summed E-state index contributed by atoms with van der Waals surface area (Å²) in [6.45, 7) is 0. The van der Waals surface area contributed by atoms with Crippen molar-refractivity contribution in [2.24, 2.45) is 0 Å². The van der Waals surface area contributed by atoms with Crippen molar-refractivity contribution in [1.29, 1.82) is 5.26 Å². The van der Waals surface area contributed by atoms with Crippen molar-refractivity contribution in [1.82, 2.24) is 0 Å². The lowest BCUT2D eigenvalue weighted by Crippen LogP contribution is -2.03. The summed E-state index contributed by atoms with van der Waals surface area (Å²) in [4.78, 5) is 13.8. The molecule has 0 fully saturated rings. The summed E-state index contributed by atoms with van der Waals surface area (Å²) in [6.07, 6.45) is 0. The molecule has 4 rings (SSSR count). The van der Waals surface area contributed by atoms with Crippen molar-refractivity contribution in [3.05, 3.63) is 101 Å². The first kappa shape index (κ1) is 20.2. The van der Waals surface area contributed by atoms with Crippen LogP contribution in [0, 0.1) is 11.3 Å². The molecule has 5 nitrogen and oxygen atoms in total. The topological polar surface area (TPSA) is 74.2 Å². The second-order valence-corrected chi connectivity index (χ2v) is 7.65. The molecule has 31 heavy (non-hydrogen) atoms. The van der Waals surface area contributed by atoms with Crippen molar-refractivity contribution in [3.8, 4) is 11.8 Å². The highest BCUT2D eigenvalue weighted by atomic mass is 32.1. The molecule has 1 heterocycles. The van der Waals surface area contributed by atoms with Gasteiger partial charge in [-0.25, -0.2) is 0 Å². The van der Waals surface area contributed by atoms with Crippen molar-refractivity contribution in [2.45, 2.75) is 0 Å². The van der Waals surface area contributed by atoms with E-state index < -0.39 is 0 Å². The Morgan fingerprint density at radius 2 is 1.55 bits per heavy atom. The van der Waals surface area contributed by atoms with Crippen molar-refractivity contribution >= 4 is 39.2 Å². The number of carbonyl (C=O) groups is 1. The summed E-state index contributed by atoms with van der Waals surface area (Å²) in [5, 5.41) is 17.1. The number of hydrogen-bond acceptors (Lipinski definition) is 6. The second kappa shape index (κ2) is 9.16. The molecular weight excluding hydrogens is 406 g/mol. The summed E-state index contributed by atoms with van der Waals surface area (Å²) >= 11 is 1.25. The maximum absolute atomic E-state index is 13.3. The molecule has 2 N–H and O–H groups in total. The van der Waals surface area contributed by atoms with Crippen molar-refractivity contribution in [3.63, 3.8) is 0 Å². The van der Waals surface area contributed by atoms with Gasteiger partial charge in [-0.1, -0.05) is 60.7 Å². The SMILES string of the molecule is COc1ccccc1Nc1sc(C(=O)c2ccccc2)c(Nc2ccccc2)c1C#N. The maximum atomic E-state index is 13.3. The number of hydrogen-bond donors (Lipinski definition) is 2. The molecule has 0 aliphatic carbocycles. The van der Waals surface area contributed by atoms with Gasteiger partial charge in [0.25, 0.3) is 0 Å². The van der Waals surface area contributed by atoms with E-state index >= 15 is 0 Å². The van der Waals surface area contributed by atoms with Gasteiger partial charge in [0.05, 0.1) is 18.5 Å². The molecule has 0 radical (unpaired) electrons. The average molecular weight is 426 g/mol. The molecule has 3 aromatic carbocycles. The zero-order valence-corrected chi connectivity index (χ0v) is 17.6. The van der Waals surface area contributed by atoms with E-state index in [2.05, 4.69) is 16.7 Å². The molecule has 1 aromatic heterocycles. The highest BCUT2D eigenvalue weighted by molar-refractivity contribution is 7.19. The molecule has 0 amide bonds. The fraction of sp³-hybridized carbons (Fsp3) is 0.0400. The van der Waals surface area contributed by atoms with Gasteiger partial charge in [-0.3, -0.25) is 4.79 Å². The average Bonchev–Trinajstić information content (AvgIpc) is 3.16. The Hall–Kier alpha value is -4.08. The van der Waals surface area contributed by atoms with Gasteiger partial charge in [0.2, 0.25) is 5.78 Å². The van der Waals surface area contributed by atoms with E-state index in [0.717, 1.165) is 5.69 Å². The third-order valence-corrected chi connectivity index (χ3v) is 5.76. The minimum absolute atomic E-state index is 0.145. The highest BCUT2D eigenvalue weighted by Crippen LogP contribution is 2.42. The lowest BCUT2D eigenvalue weighted by molar-refractivity contribution is 0.104. The summed E-state index contributed by atoms with van der Waals surface area (Å²) < 4.78 is 5.42. The van der Waals surface area contributed by atoms with E-state index in [1.807, 2.05) is 72.8 Å². The number of rotatable bonds is 7. The first-order valence-electron chi connectivity index (χ1n) is 9.60. The van der Waals surface area contributed by atoms with E-state index in [0.29, 0.717) is 38.1 Å². The molecule has 0 unspecified atom stereocenters. The summed E-state index contributed by atoms with van der Waals surface area (Å²) in [5.41, 5.74) is 2.94. The van der Waals surface area contributed by atoms with Gasteiger partial charge in [-0.05, 0) is 24.3 Å². The minimum Gasteiger partial charge on any atom is -0.495 e. The Bertz CT molecular complexity index is 1250. The quantitative estimate of drug-likeness (QED) is 0.338. The van der Waals surface area contributed by atoms with E-state index in [1.54, 1.807) is 19.2 Å². The number of ketones is 1. The number of nitrogens with one attached hydrogen (secondary N) is 2. The van der Waals surface area contributed by atoms with Gasteiger partial charge in [0.1, 0.15) is 27.3 Å². The Morgan fingerprint density at radius 1 is 0.903 bits per heavy atom. The first-order chi connectivity index (χ1) is 15.2. The molecule has 0 spiro atoms. The molecule has 4 aromatic rings. The number of carbonyl (C=O) groups excluding carboxylic acids is 1. The van der Waals surface area contributed by atoms with Gasteiger partial charge in [-0.15, -0.1) is 11.3 Å². The van der Waals surface area contributed by atoms with Gasteiger partial charge in [-0.2, -0.15) is 5.26 Å². The normalized spacial score (nSPS) is 10.2. The van der Waals surface area contributed by atoms with E-state index in [9.17, 15) is 10.1 Å². The third-order valence-electron chi connectivity index (χ3n) is 4.66. The van der Waals surface area contributed by atoms with Crippen LogP contribution in [0.5, 0.6) is 5.75 Å². The highest BCUT2D eigenvalue weighted by Gasteiger charge is 2.25. The number of ether oxygens (including phenoxy) is 1.